The van der Waals surface area contributed by atoms with E-state index in [0.717, 1.165) is 45.2 Å². The SMILES string of the molecule is CCC(C)C(C)(C)CC(C)(C)CNC(=O)CCN(CCCN(C)CCC(=O)NCC(C)(C)CC(C)(C)C)CCC(=O)NCC(C)(C)CC(C)(C)C. The molecule has 0 spiro atoms. The van der Waals surface area contributed by atoms with Crippen molar-refractivity contribution in [3.05, 3.63) is 0 Å². The highest BCUT2D eigenvalue weighted by atomic mass is 16.2. The molecule has 0 aromatic carbocycles. The first kappa shape index (κ1) is 49.3. The molecule has 3 amide bonds. The summed E-state index contributed by atoms with van der Waals surface area (Å²) in [7, 11) is 2.06. The molecule has 1 unspecified atom stereocenters. The Morgan fingerprint density at radius 1 is 0.529 bits per heavy atom. The van der Waals surface area contributed by atoms with Gasteiger partial charge in [0.05, 0.1) is 0 Å². The van der Waals surface area contributed by atoms with Gasteiger partial charge in [0.1, 0.15) is 0 Å². The maximum absolute atomic E-state index is 13.1. The van der Waals surface area contributed by atoms with Crippen LogP contribution in [0.4, 0.5) is 0 Å². The third kappa shape index (κ3) is 25.9. The number of hydrogen-bond donors (Lipinski definition) is 3. The van der Waals surface area contributed by atoms with E-state index in [1.165, 1.54) is 0 Å². The molecule has 8 heteroatoms. The molecule has 3 N–H and O–H groups in total. The Balaban J connectivity index is 5.12. The Labute approximate surface area is 317 Å². The van der Waals surface area contributed by atoms with Crippen LogP contribution in [0.2, 0.25) is 0 Å². The second kappa shape index (κ2) is 21.3. The van der Waals surface area contributed by atoms with E-state index in [1.54, 1.807) is 0 Å². The van der Waals surface area contributed by atoms with E-state index in [9.17, 15) is 14.4 Å². The maximum atomic E-state index is 13.1. The molecule has 0 bridgehead atoms. The third-order valence-electron chi connectivity index (χ3n) is 10.2. The molecule has 0 rings (SSSR count). The van der Waals surface area contributed by atoms with Gasteiger partial charge in [-0.1, -0.05) is 117 Å². The highest BCUT2D eigenvalue weighted by Gasteiger charge is 2.33. The summed E-state index contributed by atoms with van der Waals surface area (Å²) in [5.41, 5.74) is 0.714. The van der Waals surface area contributed by atoms with E-state index in [0.29, 0.717) is 64.4 Å². The summed E-state index contributed by atoms with van der Waals surface area (Å²) >= 11 is 0. The molecule has 0 radical (unpaired) electrons. The number of amides is 3. The molecule has 0 aliphatic rings. The fourth-order valence-corrected chi connectivity index (χ4v) is 8.12. The molecule has 0 saturated carbocycles. The first-order valence-corrected chi connectivity index (χ1v) is 20.2. The lowest BCUT2D eigenvalue weighted by Crippen LogP contribution is -2.40. The van der Waals surface area contributed by atoms with Gasteiger partial charge in [0.15, 0.2) is 0 Å². The molecule has 302 valence electrons. The largest absolute Gasteiger partial charge is 0.356 e. The number of carbonyl (C=O) groups excluding carboxylic acids is 3. The van der Waals surface area contributed by atoms with E-state index in [1.807, 2.05) is 0 Å². The molecule has 1 atom stereocenters. The molecule has 51 heavy (non-hydrogen) atoms. The average molecular weight is 722 g/mol. The van der Waals surface area contributed by atoms with Crippen LogP contribution in [0, 0.1) is 38.4 Å². The summed E-state index contributed by atoms with van der Waals surface area (Å²) in [6.07, 6.45) is 6.46. The van der Waals surface area contributed by atoms with E-state index < -0.39 is 0 Å². The fraction of sp³-hybridized carbons (Fsp3) is 0.930. The summed E-state index contributed by atoms with van der Waals surface area (Å²) in [6.45, 7) is 41.6. The molecule has 0 heterocycles. The van der Waals surface area contributed by atoms with E-state index in [-0.39, 0.29) is 50.2 Å². The number of carbonyl (C=O) groups is 3. The molecule has 0 aliphatic heterocycles. The maximum Gasteiger partial charge on any atom is 0.221 e. The van der Waals surface area contributed by atoms with Crippen molar-refractivity contribution in [2.45, 2.75) is 162 Å². The molecule has 0 saturated heterocycles. The molecular formula is C43H87N5O3. The Morgan fingerprint density at radius 2 is 0.882 bits per heavy atom. The van der Waals surface area contributed by atoms with Crippen molar-refractivity contribution in [3.63, 3.8) is 0 Å². The Bertz CT molecular complexity index is 1040. The molecule has 0 aliphatic carbocycles. The van der Waals surface area contributed by atoms with Crippen LogP contribution in [-0.2, 0) is 14.4 Å². The third-order valence-corrected chi connectivity index (χ3v) is 10.2. The topological polar surface area (TPSA) is 93.8 Å². The Kier molecular flexibility index (Phi) is 20.6. The van der Waals surface area contributed by atoms with Gasteiger partial charge in [-0.3, -0.25) is 14.4 Å². The Hall–Kier alpha value is -1.67. The first-order chi connectivity index (χ1) is 23.0. The lowest BCUT2D eigenvalue weighted by Gasteiger charge is -2.39. The molecule has 8 nitrogen and oxygen atoms in total. The number of nitrogens with one attached hydrogen (secondary N) is 3. The zero-order valence-electron chi connectivity index (χ0n) is 37.0. The molecule has 0 fully saturated rings. The summed E-state index contributed by atoms with van der Waals surface area (Å²) in [5.74, 6) is 0.845. The smallest absolute Gasteiger partial charge is 0.221 e. The van der Waals surface area contributed by atoms with Crippen molar-refractivity contribution in [2.24, 2.45) is 38.4 Å². The van der Waals surface area contributed by atoms with Crippen molar-refractivity contribution in [2.75, 3.05) is 59.4 Å². The van der Waals surface area contributed by atoms with Crippen LogP contribution < -0.4 is 16.0 Å². The standard InChI is InChI=1S/C43H87N5O3/c1-18-34(2)43(15,16)30-42(13,14)33-46-37(51)22-27-48(26-21-36(50)45-32-41(11,12)29-39(6,7)8)24-19-23-47(17)25-20-35(49)44-31-40(9,10)28-38(3,4)5/h34H,18-33H2,1-17H3,(H,44,49)(H,45,50)(H,46,51). The van der Waals surface area contributed by atoms with Crippen molar-refractivity contribution < 1.29 is 14.4 Å². The number of nitrogens with zero attached hydrogens (tertiary/aromatic N) is 2. The zero-order valence-corrected chi connectivity index (χ0v) is 37.0. The van der Waals surface area contributed by atoms with Crippen LogP contribution in [0.1, 0.15) is 162 Å². The fourth-order valence-electron chi connectivity index (χ4n) is 8.12. The molecular weight excluding hydrogens is 635 g/mol. The summed E-state index contributed by atoms with van der Waals surface area (Å²) in [5, 5.41) is 9.54. The predicted molar refractivity (Wildman–Crippen MR) is 219 cm³/mol. The minimum absolute atomic E-state index is 0.00521. The average Bonchev–Trinajstić information content (AvgIpc) is 2.94. The summed E-state index contributed by atoms with van der Waals surface area (Å²) in [4.78, 5) is 43.1. The van der Waals surface area contributed by atoms with Gasteiger partial charge in [-0.15, -0.1) is 0 Å². The summed E-state index contributed by atoms with van der Waals surface area (Å²) < 4.78 is 0. The van der Waals surface area contributed by atoms with Crippen LogP contribution in [0.5, 0.6) is 0 Å². The van der Waals surface area contributed by atoms with Crippen LogP contribution in [-0.4, -0.2) is 86.9 Å². The van der Waals surface area contributed by atoms with Crippen molar-refractivity contribution >= 4 is 17.7 Å². The van der Waals surface area contributed by atoms with Gasteiger partial charge < -0.3 is 25.8 Å². The van der Waals surface area contributed by atoms with Crippen LogP contribution in [0.3, 0.4) is 0 Å². The number of rotatable bonds is 25. The van der Waals surface area contributed by atoms with Crippen LogP contribution in [0.15, 0.2) is 0 Å². The van der Waals surface area contributed by atoms with Gasteiger partial charge in [-0.25, -0.2) is 0 Å². The van der Waals surface area contributed by atoms with E-state index in [2.05, 4.69) is 144 Å². The quantitative estimate of drug-likeness (QED) is 0.0879. The van der Waals surface area contributed by atoms with E-state index in [4.69, 9.17) is 0 Å². The first-order valence-electron chi connectivity index (χ1n) is 20.2. The molecule has 0 aromatic rings. The van der Waals surface area contributed by atoms with Gasteiger partial charge in [0, 0.05) is 58.5 Å². The number of hydrogen-bond acceptors (Lipinski definition) is 5. The predicted octanol–water partition coefficient (Wildman–Crippen LogP) is 8.54. The van der Waals surface area contributed by atoms with Crippen molar-refractivity contribution in [1.82, 2.24) is 25.8 Å². The molecule has 0 aromatic heterocycles. The highest BCUT2D eigenvalue weighted by Crippen LogP contribution is 2.40. The van der Waals surface area contributed by atoms with Crippen molar-refractivity contribution in [1.29, 1.82) is 0 Å². The second-order valence-corrected chi connectivity index (χ2v) is 21.5. The van der Waals surface area contributed by atoms with Gasteiger partial charge in [0.2, 0.25) is 17.7 Å². The minimum atomic E-state index is 0.00521. The highest BCUT2D eigenvalue weighted by molar-refractivity contribution is 5.77. The van der Waals surface area contributed by atoms with Crippen LogP contribution >= 0.6 is 0 Å². The van der Waals surface area contributed by atoms with Crippen molar-refractivity contribution in [3.8, 4) is 0 Å². The van der Waals surface area contributed by atoms with Gasteiger partial charge in [0.25, 0.3) is 0 Å². The van der Waals surface area contributed by atoms with E-state index >= 15 is 0 Å². The van der Waals surface area contributed by atoms with Gasteiger partial charge in [-0.2, -0.15) is 0 Å². The monoisotopic (exact) mass is 722 g/mol. The Morgan fingerprint density at radius 3 is 1.24 bits per heavy atom. The van der Waals surface area contributed by atoms with Gasteiger partial charge >= 0.3 is 0 Å². The summed E-state index contributed by atoms with van der Waals surface area (Å²) in [6, 6.07) is 0. The lowest BCUT2D eigenvalue weighted by molar-refractivity contribution is -0.123. The zero-order chi connectivity index (χ0) is 39.9. The normalized spacial score (nSPS) is 14.2. The van der Waals surface area contributed by atoms with Crippen LogP contribution in [0.25, 0.3) is 0 Å². The van der Waals surface area contributed by atoms with Gasteiger partial charge in [-0.05, 0) is 84.2 Å². The second-order valence-electron chi connectivity index (χ2n) is 21.5. The lowest BCUT2D eigenvalue weighted by atomic mass is 9.68. The minimum Gasteiger partial charge on any atom is -0.356 e.